The van der Waals surface area contributed by atoms with Crippen molar-refractivity contribution in [2.45, 2.75) is 26.3 Å². The molecule has 1 fully saturated rings. The van der Waals surface area contributed by atoms with Crippen LogP contribution in [0, 0.1) is 0 Å². The molecule has 18 heavy (non-hydrogen) atoms. The van der Waals surface area contributed by atoms with Crippen LogP contribution in [0.25, 0.3) is 0 Å². The Morgan fingerprint density at radius 3 is 2.78 bits per heavy atom. The highest BCUT2D eigenvalue weighted by atomic mass is 32.2. The number of rotatable bonds is 3. The zero-order chi connectivity index (χ0) is 13.7. The number of hydrogen-bond donors (Lipinski definition) is 2. The lowest BCUT2D eigenvalue weighted by Gasteiger charge is -2.35. The fourth-order valence-corrected chi connectivity index (χ4v) is 2.75. The lowest BCUT2D eigenvalue weighted by molar-refractivity contribution is -0.119. The van der Waals surface area contributed by atoms with Crippen molar-refractivity contribution in [1.29, 1.82) is 0 Å². The van der Waals surface area contributed by atoms with Gasteiger partial charge in [-0.15, -0.1) is 0 Å². The second kappa shape index (κ2) is 6.51. The molecular weight excluding hydrogens is 252 g/mol. The van der Waals surface area contributed by atoms with Gasteiger partial charge in [0.05, 0.1) is 18.3 Å². The van der Waals surface area contributed by atoms with E-state index in [0.717, 1.165) is 5.57 Å². The summed E-state index contributed by atoms with van der Waals surface area (Å²) in [6.07, 6.45) is 5.84. The van der Waals surface area contributed by atoms with Crippen molar-refractivity contribution in [2.75, 3.05) is 6.54 Å². The maximum Gasteiger partial charge on any atom is 0.261 e. The molecule has 1 aliphatic heterocycles. The van der Waals surface area contributed by atoms with E-state index in [9.17, 15) is 13.6 Å². The molecule has 5 nitrogen and oxygen atoms in total. The number of hydrogen-bond acceptors (Lipinski definition) is 2. The molecule has 0 spiro atoms. The smallest absolute Gasteiger partial charge is 0.261 e. The van der Waals surface area contributed by atoms with Gasteiger partial charge in [-0.1, -0.05) is 24.8 Å². The monoisotopic (exact) mass is 270 g/mol. The van der Waals surface area contributed by atoms with E-state index >= 15 is 0 Å². The average molecular weight is 270 g/mol. The van der Waals surface area contributed by atoms with Gasteiger partial charge in [-0.05, 0) is 18.9 Å². The van der Waals surface area contributed by atoms with Gasteiger partial charge < -0.3 is 5.32 Å². The molecule has 0 aromatic rings. The molecule has 0 bridgehead atoms. The van der Waals surface area contributed by atoms with Crippen LogP contribution in [0.4, 0.5) is 0 Å². The molecule has 1 rings (SSSR count). The molecule has 0 aliphatic carbocycles. The van der Waals surface area contributed by atoms with Gasteiger partial charge in [0.25, 0.3) is 11.3 Å². The number of allylic oxidation sites excluding steroid dienone is 4. The van der Waals surface area contributed by atoms with Crippen LogP contribution >= 0.6 is 0 Å². The second-order valence-corrected chi connectivity index (χ2v) is 4.90. The fraction of sp³-hybridized carbons (Fsp3) is 0.417. The van der Waals surface area contributed by atoms with E-state index in [-0.39, 0.29) is 11.9 Å². The lowest BCUT2D eigenvalue weighted by atomic mass is 9.97. The molecule has 100 valence electrons. The Morgan fingerprint density at radius 2 is 2.33 bits per heavy atom. The number of nitrogens with one attached hydrogen (secondary N) is 1. The number of carbonyl (C=O) groups is 1. The summed E-state index contributed by atoms with van der Waals surface area (Å²) in [7, 11) is 0. The Bertz CT molecular complexity index is 429. The first-order chi connectivity index (χ1) is 8.49. The molecule has 1 amide bonds. The summed E-state index contributed by atoms with van der Waals surface area (Å²) in [5.74, 6) is -0.148. The van der Waals surface area contributed by atoms with Crippen molar-refractivity contribution in [3.05, 3.63) is 36.1 Å². The van der Waals surface area contributed by atoms with E-state index in [1.54, 1.807) is 18.2 Å². The van der Waals surface area contributed by atoms with Crippen LogP contribution in [-0.4, -0.2) is 31.6 Å². The van der Waals surface area contributed by atoms with Gasteiger partial charge in [-0.3, -0.25) is 13.7 Å². The third-order valence-corrected chi connectivity index (χ3v) is 3.36. The highest BCUT2D eigenvalue weighted by Gasteiger charge is 2.29. The summed E-state index contributed by atoms with van der Waals surface area (Å²) in [4.78, 5) is 11.1. The summed E-state index contributed by atoms with van der Waals surface area (Å²) in [6.45, 7) is 7.19. The summed E-state index contributed by atoms with van der Waals surface area (Å²) >= 11 is -2.10. The first-order valence-electron chi connectivity index (χ1n) is 5.63. The van der Waals surface area contributed by atoms with Crippen molar-refractivity contribution in [1.82, 2.24) is 9.62 Å². The third kappa shape index (κ3) is 3.54. The van der Waals surface area contributed by atoms with Crippen LogP contribution in [0.5, 0.6) is 0 Å². The van der Waals surface area contributed by atoms with Crippen molar-refractivity contribution in [3.8, 4) is 0 Å². The Kier molecular flexibility index (Phi) is 5.30. The number of piperidine rings is 1. The lowest BCUT2D eigenvalue weighted by Crippen LogP contribution is -2.47. The van der Waals surface area contributed by atoms with E-state index in [4.69, 9.17) is 0 Å². The molecule has 1 saturated heterocycles. The van der Waals surface area contributed by atoms with Crippen molar-refractivity contribution in [2.24, 2.45) is 0 Å². The quantitative estimate of drug-likeness (QED) is 0.761. The molecular formula is C12H18N2O3S. The van der Waals surface area contributed by atoms with Gasteiger partial charge in [-0.25, -0.2) is 4.21 Å². The molecule has 0 radical (unpaired) electrons. The van der Waals surface area contributed by atoms with E-state index in [1.165, 1.54) is 11.2 Å². The molecule has 2 atom stereocenters. The van der Waals surface area contributed by atoms with Crippen molar-refractivity contribution in [3.63, 3.8) is 0 Å². The second-order valence-electron chi connectivity index (χ2n) is 3.99. The highest BCUT2D eigenvalue weighted by molar-refractivity contribution is 7.76. The van der Waals surface area contributed by atoms with Gasteiger partial charge >= 0.3 is 0 Å². The number of amides is 1. The van der Waals surface area contributed by atoms with Crippen LogP contribution in [0.1, 0.15) is 20.3 Å². The van der Waals surface area contributed by atoms with Crippen LogP contribution in [-0.2, 0) is 16.1 Å². The highest BCUT2D eigenvalue weighted by Crippen LogP contribution is 2.27. The Balaban J connectivity index is 3.03. The van der Waals surface area contributed by atoms with E-state index < -0.39 is 11.3 Å². The van der Waals surface area contributed by atoms with Gasteiger partial charge in [-0.2, -0.15) is 0 Å². The largest absolute Gasteiger partial charge is 0.351 e. The molecule has 0 aromatic heterocycles. The van der Waals surface area contributed by atoms with Crippen LogP contribution in [0.2, 0.25) is 0 Å². The molecule has 1 heterocycles. The first kappa shape index (κ1) is 14.7. The predicted molar refractivity (Wildman–Crippen MR) is 71.7 cm³/mol. The Hall–Kier alpha value is -1.40. The topological polar surface area (TPSA) is 69.6 Å². The maximum atomic E-state index is 11.3. The maximum absolute atomic E-state index is 11.3. The predicted octanol–water partition coefficient (Wildman–Crippen LogP) is 1.35. The minimum absolute atomic E-state index is 0.148. The SMILES string of the molecule is C=C/C=C1/C[C@@H](NC(C)=O)CN(S(=O)O)/C1=C/C. The minimum Gasteiger partial charge on any atom is -0.351 e. The summed E-state index contributed by atoms with van der Waals surface area (Å²) < 4.78 is 22.0. The van der Waals surface area contributed by atoms with Gasteiger partial charge in [0.2, 0.25) is 5.91 Å². The summed E-state index contributed by atoms with van der Waals surface area (Å²) in [5, 5.41) is 2.77. The normalized spacial score (nSPS) is 26.2. The number of nitrogens with zero attached hydrogens (tertiary/aromatic N) is 1. The van der Waals surface area contributed by atoms with Crippen LogP contribution < -0.4 is 5.32 Å². The standard InChI is InChI=1S/C12H18N2O3S/c1-4-6-10-7-11(13-9(3)15)8-14(18(16)17)12(10)5-2/h4-6,11H,1,7-8H2,2-3H3,(H,13,15)(H,16,17)/b10-6-,12-5+/t11-/m1/s1. The summed E-state index contributed by atoms with van der Waals surface area (Å²) in [6, 6.07) is -0.173. The fourth-order valence-electron chi connectivity index (χ4n) is 2.05. The van der Waals surface area contributed by atoms with Crippen LogP contribution in [0.3, 0.4) is 0 Å². The van der Waals surface area contributed by atoms with E-state index in [0.29, 0.717) is 18.7 Å². The minimum atomic E-state index is -2.10. The Morgan fingerprint density at radius 1 is 1.67 bits per heavy atom. The third-order valence-electron chi connectivity index (χ3n) is 2.64. The van der Waals surface area contributed by atoms with Crippen molar-refractivity contribution >= 4 is 17.2 Å². The zero-order valence-corrected chi connectivity index (χ0v) is 11.4. The Labute approximate surface area is 110 Å². The zero-order valence-electron chi connectivity index (χ0n) is 10.5. The van der Waals surface area contributed by atoms with E-state index in [2.05, 4.69) is 11.9 Å². The molecule has 6 heteroatoms. The van der Waals surface area contributed by atoms with Crippen LogP contribution in [0.15, 0.2) is 36.1 Å². The number of carbonyl (C=O) groups excluding carboxylic acids is 1. The summed E-state index contributed by atoms with van der Waals surface area (Å²) in [5.41, 5.74) is 1.59. The van der Waals surface area contributed by atoms with Gasteiger partial charge in [0, 0.05) is 6.92 Å². The first-order valence-corrected chi connectivity index (χ1v) is 6.69. The van der Waals surface area contributed by atoms with Crippen molar-refractivity contribution < 1.29 is 13.6 Å². The van der Waals surface area contributed by atoms with Gasteiger partial charge in [0.15, 0.2) is 0 Å². The molecule has 2 N–H and O–H groups in total. The van der Waals surface area contributed by atoms with E-state index in [1.807, 2.05) is 6.92 Å². The molecule has 1 unspecified atom stereocenters. The molecule has 0 saturated carbocycles. The average Bonchev–Trinajstić information content (AvgIpc) is 2.27. The molecule has 0 aromatic carbocycles. The van der Waals surface area contributed by atoms with Gasteiger partial charge in [0.1, 0.15) is 0 Å². The molecule has 1 aliphatic rings.